The second kappa shape index (κ2) is 6.57. The summed E-state index contributed by atoms with van der Waals surface area (Å²) in [5.41, 5.74) is 0. The number of carboxylic acid groups (broad SMARTS) is 1. The van der Waals surface area contributed by atoms with Crippen LogP contribution in [0.1, 0.15) is 39.0 Å². The first-order chi connectivity index (χ1) is 9.52. The van der Waals surface area contributed by atoms with E-state index in [0.717, 1.165) is 19.4 Å². The molecular weight excluding hydrogens is 256 g/mol. The van der Waals surface area contributed by atoms with Crippen molar-refractivity contribution in [3.8, 4) is 0 Å². The molecule has 114 valence electrons. The largest absolute Gasteiger partial charge is 0.481 e. The second-order valence-corrected chi connectivity index (χ2v) is 6.30. The lowest BCUT2D eigenvalue weighted by molar-refractivity contribution is -0.146. The highest BCUT2D eigenvalue weighted by Gasteiger charge is 2.41. The van der Waals surface area contributed by atoms with Crippen molar-refractivity contribution in [2.75, 3.05) is 20.1 Å². The number of carbonyl (C=O) groups excluding carboxylic acids is 1. The number of rotatable bonds is 7. The third kappa shape index (κ3) is 3.72. The molecule has 2 fully saturated rings. The molecule has 0 saturated heterocycles. The van der Waals surface area contributed by atoms with Crippen molar-refractivity contribution in [1.82, 2.24) is 10.2 Å². The van der Waals surface area contributed by atoms with Crippen molar-refractivity contribution in [2.24, 2.45) is 17.8 Å². The summed E-state index contributed by atoms with van der Waals surface area (Å²) in [7, 11) is 2.08. The quantitative estimate of drug-likeness (QED) is 0.739. The molecule has 0 aromatic carbocycles. The van der Waals surface area contributed by atoms with Crippen molar-refractivity contribution in [2.45, 2.75) is 45.1 Å². The zero-order valence-electron chi connectivity index (χ0n) is 12.5. The Kier molecular flexibility index (Phi) is 5.02. The van der Waals surface area contributed by atoms with Crippen molar-refractivity contribution >= 4 is 11.9 Å². The first-order valence-corrected chi connectivity index (χ1v) is 7.73. The van der Waals surface area contributed by atoms with Crippen molar-refractivity contribution in [1.29, 1.82) is 0 Å². The zero-order chi connectivity index (χ0) is 14.7. The average Bonchev–Trinajstić information content (AvgIpc) is 3.16. The maximum absolute atomic E-state index is 12.2. The molecular formula is C15H26N2O3. The van der Waals surface area contributed by atoms with E-state index in [1.807, 2.05) is 0 Å². The highest BCUT2D eigenvalue weighted by atomic mass is 16.4. The molecule has 1 unspecified atom stereocenters. The van der Waals surface area contributed by atoms with Gasteiger partial charge in [-0.3, -0.25) is 9.59 Å². The summed E-state index contributed by atoms with van der Waals surface area (Å²) in [4.78, 5) is 25.7. The van der Waals surface area contributed by atoms with Crippen LogP contribution in [0.25, 0.3) is 0 Å². The van der Waals surface area contributed by atoms with E-state index in [2.05, 4.69) is 24.2 Å². The lowest BCUT2D eigenvalue weighted by atomic mass is 9.95. The summed E-state index contributed by atoms with van der Waals surface area (Å²) < 4.78 is 0. The molecule has 2 saturated carbocycles. The standard InChI is InChI=1S/C15H26N2O3/c1-3-10-8-12(13(9-10)15(19)20)14(18)16-6-7-17(2)11-4-5-11/h10-13H,3-9H2,1-2H3,(H,16,18)(H,19,20)/t10?,12-,13+/m0/s1. The Hall–Kier alpha value is -1.10. The van der Waals surface area contributed by atoms with Gasteiger partial charge in [-0.15, -0.1) is 0 Å². The van der Waals surface area contributed by atoms with E-state index >= 15 is 0 Å². The van der Waals surface area contributed by atoms with Gasteiger partial charge in [0.2, 0.25) is 5.91 Å². The minimum Gasteiger partial charge on any atom is -0.481 e. The van der Waals surface area contributed by atoms with Gasteiger partial charge in [0.1, 0.15) is 0 Å². The van der Waals surface area contributed by atoms with Gasteiger partial charge < -0.3 is 15.3 Å². The number of amides is 1. The molecule has 1 amide bonds. The lowest BCUT2D eigenvalue weighted by Crippen LogP contribution is -2.39. The van der Waals surface area contributed by atoms with Crippen molar-refractivity contribution < 1.29 is 14.7 Å². The first kappa shape index (κ1) is 15.3. The Bertz CT molecular complexity index is 368. The SMILES string of the molecule is CCC1C[C@H](C(=O)NCCN(C)C2CC2)[C@H](C(=O)O)C1. The number of nitrogens with one attached hydrogen (secondary N) is 1. The maximum atomic E-state index is 12.2. The van der Waals surface area contributed by atoms with Gasteiger partial charge in [0, 0.05) is 19.1 Å². The summed E-state index contributed by atoms with van der Waals surface area (Å²) in [6, 6.07) is 0.689. The summed E-state index contributed by atoms with van der Waals surface area (Å²) in [6.45, 7) is 3.53. The van der Waals surface area contributed by atoms with E-state index in [-0.39, 0.29) is 11.8 Å². The molecule has 5 nitrogen and oxygen atoms in total. The maximum Gasteiger partial charge on any atom is 0.307 e. The Morgan fingerprint density at radius 2 is 1.90 bits per heavy atom. The molecule has 2 aliphatic rings. The number of carboxylic acids is 1. The summed E-state index contributed by atoms with van der Waals surface area (Å²) >= 11 is 0. The second-order valence-electron chi connectivity index (χ2n) is 6.30. The molecule has 2 N–H and O–H groups in total. The molecule has 20 heavy (non-hydrogen) atoms. The van der Waals surface area contributed by atoms with Crippen LogP contribution in [0.2, 0.25) is 0 Å². The van der Waals surface area contributed by atoms with E-state index in [1.54, 1.807) is 0 Å². The van der Waals surface area contributed by atoms with Crippen LogP contribution in [0, 0.1) is 17.8 Å². The monoisotopic (exact) mass is 282 g/mol. The molecule has 0 aromatic heterocycles. The highest BCUT2D eigenvalue weighted by molar-refractivity contribution is 5.85. The molecule has 0 spiro atoms. The minimum absolute atomic E-state index is 0.0717. The van der Waals surface area contributed by atoms with Gasteiger partial charge >= 0.3 is 5.97 Å². The molecule has 3 atom stereocenters. The Morgan fingerprint density at radius 3 is 2.45 bits per heavy atom. The molecule has 0 aromatic rings. The lowest BCUT2D eigenvalue weighted by Gasteiger charge is -2.18. The van der Waals surface area contributed by atoms with Crippen LogP contribution in [0.3, 0.4) is 0 Å². The van der Waals surface area contributed by atoms with E-state index in [9.17, 15) is 14.7 Å². The van der Waals surface area contributed by atoms with Crippen LogP contribution in [0.5, 0.6) is 0 Å². The molecule has 0 radical (unpaired) electrons. The third-order valence-corrected chi connectivity index (χ3v) is 4.83. The van der Waals surface area contributed by atoms with E-state index in [1.165, 1.54) is 12.8 Å². The Morgan fingerprint density at radius 1 is 1.25 bits per heavy atom. The van der Waals surface area contributed by atoms with Gasteiger partial charge in [0.15, 0.2) is 0 Å². The number of nitrogens with zero attached hydrogens (tertiary/aromatic N) is 1. The van der Waals surface area contributed by atoms with Crippen LogP contribution in [-0.2, 0) is 9.59 Å². The van der Waals surface area contributed by atoms with Crippen LogP contribution in [-0.4, -0.2) is 48.1 Å². The van der Waals surface area contributed by atoms with Crippen LogP contribution in [0.4, 0.5) is 0 Å². The van der Waals surface area contributed by atoms with Gasteiger partial charge in [-0.2, -0.15) is 0 Å². The van der Waals surface area contributed by atoms with Gasteiger partial charge in [0.25, 0.3) is 0 Å². The van der Waals surface area contributed by atoms with Gasteiger partial charge in [-0.1, -0.05) is 13.3 Å². The summed E-state index contributed by atoms with van der Waals surface area (Å²) in [6.07, 6.45) is 4.83. The number of likely N-dealkylation sites (N-methyl/N-ethyl adjacent to an activating group) is 1. The zero-order valence-corrected chi connectivity index (χ0v) is 12.5. The van der Waals surface area contributed by atoms with Crippen molar-refractivity contribution in [3.63, 3.8) is 0 Å². The molecule has 0 aliphatic heterocycles. The predicted octanol–water partition coefficient (Wildman–Crippen LogP) is 1.33. The predicted molar refractivity (Wildman–Crippen MR) is 76.3 cm³/mol. The fraction of sp³-hybridized carbons (Fsp3) is 0.867. The summed E-state index contributed by atoms with van der Waals surface area (Å²) in [5, 5.41) is 12.2. The number of hydrogen-bond acceptors (Lipinski definition) is 3. The van der Waals surface area contributed by atoms with Gasteiger partial charge in [-0.05, 0) is 38.6 Å². The molecule has 2 aliphatic carbocycles. The number of aliphatic carboxylic acids is 1. The fourth-order valence-electron chi connectivity index (χ4n) is 3.22. The third-order valence-electron chi connectivity index (χ3n) is 4.83. The average molecular weight is 282 g/mol. The van der Waals surface area contributed by atoms with Crippen molar-refractivity contribution in [3.05, 3.63) is 0 Å². The molecule has 5 heteroatoms. The van der Waals surface area contributed by atoms with E-state index < -0.39 is 11.9 Å². The summed E-state index contributed by atoms with van der Waals surface area (Å²) in [5.74, 6) is -1.36. The topological polar surface area (TPSA) is 69.6 Å². The Labute approximate surface area is 120 Å². The van der Waals surface area contributed by atoms with Gasteiger partial charge in [-0.25, -0.2) is 0 Å². The smallest absolute Gasteiger partial charge is 0.307 e. The van der Waals surface area contributed by atoms with Crippen LogP contribution >= 0.6 is 0 Å². The number of carbonyl (C=O) groups is 2. The fourth-order valence-corrected chi connectivity index (χ4v) is 3.22. The van der Waals surface area contributed by atoms with E-state index in [0.29, 0.717) is 24.9 Å². The van der Waals surface area contributed by atoms with Crippen LogP contribution in [0.15, 0.2) is 0 Å². The number of hydrogen-bond donors (Lipinski definition) is 2. The highest BCUT2D eigenvalue weighted by Crippen LogP contribution is 2.38. The molecule has 2 rings (SSSR count). The van der Waals surface area contributed by atoms with E-state index in [4.69, 9.17) is 0 Å². The normalized spacial score (nSPS) is 29.6. The minimum atomic E-state index is -0.823. The van der Waals surface area contributed by atoms with Crippen LogP contribution < -0.4 is 5.32 Å². The first-order valence-electron chi connectivity index (χ1n) is 7.73. The molecule has 0 heterocycles. The van der Waals surface area contributed by atoms with Gasteiger partial charge in [0.05, 0.1) is 11.8 Å². The Balaban J connectivity index is 1.78. The molecule has 0 bridgehead atoms.